The monoisotopic (exact) mass is 321 g/mol. The lowest BCUT2D eigenvalue weighted by Crippen LogP contribution is -2.02. The predicted octanol–water partition coefficient (Wildman–Crippen LogP) is 4.73. The molecule has 0 unspecified atom stereocenters. The summed E-state index contributed by atoms with van der Waals surface area (Å²) in [5.74, 6) is -4.28. The van der Waals surface area contributed by atoms with Crippen molar-refractivity contribution in [2.45, 2.75) is 6.54 Å². The van der Waals surface area contributed by atoms with Crippen LogP contribution in [-0.2, 0) is 6.54 Å². The van der Waals surface area contributed by atoms with Crippen LogP contribution in [0.15, 0.2) is 24.3 Å². The Kier molecular flexibility index (Phi) is 4.30. The molecule has 20 heavy (non-hydrogen) atoms. The number of aromatic hydroxyl groups is 1. The van der Waals surface area contributed by atoms with Crippen molar-refractivity contribution in [3.8, 4) is 5.75 Å². The highest BCUT2D eigenvalue weighted by Gasteiger charge is 2.11. The summed E-state index contributed by atoms with van der Waals surface area (Å²) in [5.41, 5.74) is 0.657. The van der Waals surface area contributed by atoms with E-state index in [2.05, 4.69) is 5.32 Å². The van der Waals surface area contributed by atoms with Crippen LogP contribution in [0.1, 0.15) is 5.56 Å². The summed E-state index contributed by atoms with van der Waals surface area (Å²) >= 11 is 11.5. The molecule has 2 nitrogen and oxygen atoms in total. The minimum absolute atomic E-state index is 0.0333. The van der Waals surface area contributed by atoms with E-state index in [0.717, 1.165) is 12.1 Å². The number of rotatable bonds is 3. The second kappa shape index (κ2) is 5.81. The van der Waals surface area contributed by atoms with Crippen molar-refractivity contribution in [2.75, 3.05) is 5.32 Å². The van der Waals surface area contributed by atoms with Crippen LogP contribution in [0, 0.1) is 17.5 Å². The third-order valence-corrected chi connectivity index (χ3v) is 3.13. The molecular weight excluding hydrogens is 314 g/mol. The summed E-state index contributed by atoms with van der Waals surface area (Å²) in [5, 5.41) is 12.3. The van der Waals surface area contributed by atoms with Gasteiger partial charge in [-0.1, -0.05) is 23.2 Å². The second-order valence-electron chi connectivity index (χ2n) is 4.02. The molecular formula is C13H8Cl2F3NO. The lowest BCUT2D eigenvalue weighted by Gasteiger charge is -2.09. The fourth-order valence-corrected chi connectivity index (χ4v) is 2.07. The van der Waals surface area contributed by atoms with E-state index >= 15 is 0 Å². The maximum atomic E-state index is 13.0. The molecule has 0 radical (unpaired) electrons. The maximum Gasteiger partial charge on any atom is 0.194 e. The van der Waals surface area contributed by atoms with E-state index in [1.165, 1.54) is 12.1 Å². The van der Waals surface area contributed by atoms with Gasteiger partial charge in [-0.15, -0.1) is 0 Å². The van der Waals surface area contributed by atoms with Crippen LogP contribution in [-0.4, -0.2) is 5.11 Å². The van der Waals surface area contributed by atoms with E-state index in [1.54, 1.807) is 0 Å². The fraction of sp³-hybridized carbons (Fsp3) is 0.0769. The quantitative estimate of drug-likeness (QED) is 0.632. The first-order valence-electron chi connectivity index (χ1n) is 5.44. The average Bonchev–Trinajstić information content (AvgIpc) is 2.39. The minimum atomic E-state index is -1.51. The molecule has 2 N–H and O–H groups in total. The number of anilines is 1. The average molecular weight is 322 g/mol. The van der Waals surface area contributed by atoms with Gasteiger partial charge in [0, 0.05) is 12.2 Å². The van der Waals surface area contributed by atoms with Gasteiger partial charge < -0.3 is 10.4 Å². The summed E-state index contributed by atoms with van der Waals surface area (Å²) < 4.78 is 38.8. The molecule has 0 saturated carbocycles. The molecule has 106 valence electrons. The first-order valence-corrected chi connectivity index (χ1v) is 6.19. The molecule has 0 heterocycles. The molecule has 0 aromatic heterocycles. The molecule has 7 heteroatoms. The molecule has 0 aliphatic carbocycles. The van der Waals surface area contributed by atoms with E-state index in [-0.39, 0.29) is 27.9 Å². The Morgan fingerprint density at radius 1 is 0.950 bits per heavy atom. The molecule has 0 aliphatic heterocycles. The van der Waals surface area contributed by atoms with Gasteiger partial charge in [0.1, 0.15) is 0 Å². The Bertz CT molecular complexity index is 561. The minimum Gasteiger partial charge on any atom is -0.505 e. The molecule has 0 aliphatic rings. The summed E-state index contributed by atoms with van der Waals surface area (Å²) in [6.07, 6.45) is 0. The molecule has 0 saturated heterocycles. The normalized spacial score (nSPS) is 10.7. The number of halogens is 5. The van der Waals surface area contributed by atoms with Crippen LogP contribution < -0.4 is 5.32 Å². The lowest BCUT2D eigenvalue weighted by molar-refractivity contribution is 0.445. The number of benzene rings is 2. The highest BCUT2D eigenvalue weighted by atomic mass is 35.5. The Hall–Kier alpha value is -1.59. The van der Waals surface area contributed by atoms with Crippen LogP contribution in [0.3, 0.4) is 0 Å². The SMILES string of the molecule is Oc1c(Cl)cc(NCc2cc(F)c(F)c(F)c2)cc1Cl. The van der Waals surface area contributed by atoms with Gasteiger partial charge in [0.2, 0.25) is 0 Å². The third kappa shape index (κ3) is 3.11. The molecule has 2 rings (SSSR count). The Morgan fingerprint density at radius 3 is 1.95 bits per heavy atom. The van der Waals surface area contributed by atoms with E-state index in [0.29, 0.717) is 5.69 Å². The molecule has 2 aromatic carbocycles. The zero-order chi connectivity index (χ0) is 14.9. The summed E-state index contributed by atoms with van der Waals surface area (Å²) in [7, 11) is 0. The zero-order valence-corrected chi connectivity index (χ0v) is 11.4. The number of hydrogen-bond acceptors (Lipinski definition) is 2. The molecule has 0 bridgehead atoms. The van der Waals surface area contributed by atoms with Gasteiger partial charge in [0.25, 0.3) is 0 Å². The van der Waals surface area contributed by atoms with Crippen molar-refractivity contribution in [3.63, 3.8) is 0 Å². The van der Waals surface area contributed by atoms with E-state index in [1.807, 2.05) is 0 Å². The van der Waals surface area contributed by atoms with Gasteiger partial charge in [-0.3, -0.25) is 0 Å². The highest BCUT2D eigenvalue weighted by Crippen LogP contribution is 2.34. The number of phenols is 1. The molecule has 0 spiro atoms. The highest BCUT2D eigenvalue weighted by molar-refractivity contribution is 6.37. The van der Waals surface area contributed by atoms with Gasteiger partial charge in [-0.05, 0) is 29.8 Å². The smallest absolute Gasteiger partial charge is 0.194 e. The second-order valence-corrected chi connectivity index (χ2v) is 4.83. The van der Waals surface area contributed by atoms with Crippen LogP contribution in [0.25, 0.3) is 0 Å². The molecule has 0 fully saturated rings. The van der Waals surface area contributed by atoms with Crippen molar-refractivity contribution in [1.29, 1.82) is 0 Å². The van der Waals surface area contributed by atoms with Crippen molar-refractivity contribution in [1.82, 2.24) is 0 Å². The van der Waals surface area contributed by atoms with Crippen LogP contribution >= 0.6 is 23.2 Å². The van der Waals surface area contributed by atoms with Crippen molar-refractivity contribution >= 4 is 28.9 Å². The number of hydrogen-bond donors (Lipinski definition) is 2. The van der Waals surface area contributed by atoms with Crippen molar-refractivity contribution in [3.05, 3.63) is 57.3 Å². The third-order valence-electron chi connectivity index (χ3n) is 2.56. The Labute approximate surface area is 122 Å². The van der Waals surface area contributed by atoms with Gasteiger partial charge in [0.05, 0.1) is 10.0 Å². The molecule has 0 atom stereocenters. The predicted molar refractivity (Wildman–Crippen MR) is 71.8 cm³/mol. The first-order chi connectivity index (χ1) is 9.38. The topological polar surface area (TPSA) is 32.3 Å². The summed E-state index contributed by atoms with van der Waals surface area (Å²) in [6.45, 7) is 0.0333. The van der Waals surface area contributed by atoms with Gasteiger partial charge in [-0.25, -0.2) is 13.2 Å². The largest absolute Gasteiger partial charge is 0.505 e. The van der Waals surface area contributed by atoms with Gasteiger partial charge >= 0.3 is 0 Å². The summed E-state index contributed by atoms with van der Waals surface area (Å²) in [6, 6.07) is 4.57. The lowest BCUT2D eigenvalue weighted by atomic mass is 10.2. The first kappa shape index (κ1) is 14.8. The zero-order valence-electron chi connectivity index (χ0n) is 9.85. The standard InChI is InChI=1S/C13H8Cl2F3NO/c14-8-3-7(4-9(15)13(8)20)19-5-6-1-10(16)12(18)11(17)2-6/h1-4,19-20H,5H2. The van der Waals surface area contributed by atoms with Crippen LogP contribution in [0.4, 0.5) is 18.9 Å². The summed E-state index contributed by atoms with van der Waals surface area (Å²) in [4.78, 5) is 0. The van der Waals surface area contributed by atoms with Gasteiger partial charge in [0.15, 0.2) is 23.2 Å². The van der Waals surface area contributed by atoms with E-state index < -0.39 is 17.5 Å². The molecule has 0 amide bonds. The van der Waals surface area contributed by atoms with E-state index in [9.17, 15) is 18.3 Å². The fourth-order valence-electron chi connectivity index (χ4n) is 1.58. The van der Waals surface area contributed by atoms with Crippen LogP contribution in [0.2, 0.25) is 10.0 Å². The Balaban J connectivity index is 2.17. The molecule has 2 aromatic rings. The van der Waals surface area contributed by atoms with Crippen molar-refractivity contribution < 1.29 is 18.3 Å². The van der Waals surface area contributed by atoms with Crippen molar-refractivity contribution in [2.24, 2.45) is 0 Å². The van der Waals surface area contributed by atoms with Crippen LogP contribution in [0.5, 0.6) is 5.75 Å². The van der Waals surface area contributed by atoms with Gasteiger partial charge in [-0.2, -0.15) is 0 Å². The number of nitrogens with one attached hydrogen (secondary N) is 1. The number of phenolic OH excluding ortho intramolecular Hbond substituents is 1. The Morgan fingerprint density at radius 2 is 1.45 bits per heavy atom. The van der Waals surface area contributed by atoms with E-state index in [4.69, 9.17) is 23.2 Å². The maximum absolute atomic E-state index is 13.0.